The molecule has 0 fully saturated rings. The van der Waals surface area contributed by atoms with Gasteiger partial charge in [0.2, 0.25) is 0 Å². The monoisotopic (exact) mass is 365 g/mol. The van der Waals surface area contributed by atoms with Gasteiger partial charge in [0.05, 0.1) is 18.3 Å². The maximum Gasteiger partial charge on any atom is 0.255 e. The predicted molar refractivity (Wildman–Crippen MR) is 83.6 cm³/mol. The fraction of sp³-hybridized carbons (Fsp3) is 0.438. The Morgan fingerprint density at radius 3 is 2.95 bits per heavy atom. The van der Waals surface area contributed by atoms with Gasteiger partial charge in [-0.05, 0) is 34.0 Å². The second-order valence-electron chi connectivity index (χ2n) is 6.13. The van der Waals surface area contributed by atoms with E-state index in [1.54, 1.807) is 18.0 Å². The van der Waals surface area contributed by atoms with Crippen LogP contribution in [0.3, 0.4) is 0 Å². The van der Waals surface area contributed by atoms with E-state index in [2.05, 4.69) is 15.9 Å². The van der Waals surface area contributed by atoms with Gasteiger partial charge < -0.3 is 19.8 Å². The molecule has 5 nitrogen and oxygen atoms in total. The number of rotatable bonds is 1. The van der Waals surface area contributed by atoms with Gasteiger partial charge in [0.25, 0.3) is 5.91 Å². The second-order valence-corrected chi connectivity index (χ2v) is 6.99. The minimum absolute atomic E-state index is 0.0687. The molecule has 2 aliphatic heterocycles. The molecule has 1 aromatic carbocycles. The smallest absolute Gasteiger partial charge is 0.255 e. The molecule has 1 aliphatic carbocycles. The minimum atomic E-state index is -0.455. The highest BCUT2D eigenvalue weighted by Gasteiger charge is 2.43. The number of amides is 1. The zero-order valence-corrected chi connectivity index (χ0v) is 13.7. The van der Waals surface area contributed by atoms with Crippen molar-refractivity contribution in [3.8, 4) is 5.75 Å². The van der Waals surface area contributed by atoms with Crippen LogP contribution in [-0.2, 0) is 6.61 Å². The molecule has 1 aromatic rings. The highest BCUT2D eigenvalue weighted by Crippen LogP contribution is 2.51. The van der Waals surface area contributed by atoms with Crippen LogP contribution in [0.5, 0.6) is 5.75 Å². The molecule has 0 aromatic heterocycles. The van der Waals surface area contributed by atoms with Crippen molar-refractivity contribution in [2.45, 2.75) is 31.7 Å². The number of likely N-dealkylation sites (N-methyl/N-ethyl adjacent to an activating group) is 1. The fourth-order valence-electron chi connectivity index (χ4n) is 3.76. The molecule has 0 spiro atoms. The summed E-state index contributed by atoms with van der Waals surface area (Å²) in [6.07, 6.45) is 0.399. The number of hydrogen-bond acceptors (Lipinski definition) is 4. The van der Waals surface area contributed by atoms with Crippen LogP contribution in [0.2, 0.25) is 0 Å². The number of halogens is 1. The molecule has 4 rings (SSSR count). The minimum Gasteiger partial charge on any atom is -0.485 e. The largest absolute Gasteiger partial charge is 0.485 e. The summed E-state index contributed by atoms with van der Waals surface area (Å²) in [6.45, 7) is 0.350. The van der Waals surface area contributed by atoms with E-state index in [1.807, 2.05) is 0 Å². The first-order valence-electron chi connectivity index (χ1n) is 7.30. The maximum atomic E-state index is 12.7. The first kappa shape index (κ1) is 14.2. The quantitative estimate of drug-likeness (QED) is 0.794. The Morgan fingerprint density at radius 2 is 2.23 bits per heavy atom. The topological polar surface area (TPSA) is 70.0 Å². The molecule has 0 radical (unpaired) electrons. The molecule has 2 heterocycles. The zero-order valence-electron chi connectivity index (χ0n) is 12.1. The normalized spacial score (nSPS) is 26.0. The Balaban J connectivity index is 2.06. The molecule has 2 atom stereocenters. The maximum absolute atomic E-state index is 12.7. The van der Waals surface area contributed by atoms with Gasteiger partial charge in [0.15, 0.2) is 0 Å². The summed E-state index contributed by atoms with van der Waals surface area (Å²) in [5.74, 6) is 0.525. The van der Waals surface area contributed by atoms with Gasteiger partial charge in [-0.25, -0.2) is 0 Å². The number of hydrogen-bond donors (Lipinski definition) is 2. The van der Waals surface area contributed by atoms with Gasteiger partial charge in [-0.2, -0.15) is 0 Å². The van der Waals surface area contributed by atoms with Gasteiger partial charge in [-0.15, -0.1) is 0 Å². The fourth-order valence-corrected chi connectivity index (χ4v) is 4.40. The van der Waals surface area contributed by atoms with Crippen molar-refractivity contribution >= 4 is 27.4 Å². The van der Waals surface area contributed by atoms with Crippen LogP contribution in [0.1, 0.15) is 34.3 Å². The van der Waals surface area contributed by atoms with Crippen molar-refractivity contribution in [1.82, 2.24) is 4.90 Å². The third-order valence-corrected chi connectivity index (χ3v) is 5.29. The average molecular weight is 366 g/mol. The highest BCUT2D eigenvalue weighted by molar-refractivity contribution is 9.10. The van der Waals surface area contributed by atoms with Crippen LogP contribution in [-0.4, -0.2) is 46.8 Å². The summed E-state index contributed by atoms with van der Waals surface area (Å²) >= 11 is 3.47. The van der Waals surface area contributed by atoms with Crippen LogP contribution >= 0.6 is 15.9 Å². The summed E-state index contributed by atoms with van der Waals surface area (Å²) < 4.78 is 6.70. The van der Waals surface area contributed by atoms with Gasteiger partial charge in [0.1, 0.15) is 11.9 Å². The first-order valence-corrected chi connectivity index (χ1v) is 8.09. The molecule has 2 unspecified atom stereocenters. The Morgan fingerprint density at radius 1 is 1.45 bits per heavy atom. The Hall–Kier alpha value is -1.37. The van der Waals surface area contributed by atoms with Crippen LogP contribution in [0.15, 0.2) is 16.1 Å². The van der Waals surface area contributed by atoms with Crippen LogP contribution in [0.4, 0.5) is 0 Å². The predicted octanol–water partition coefficient (Wildman–Crippen LogP) is 1.70. The van der Waals surface area contributed by atoms with Gasteiger partial charge in [-0.3, -0.25) is 4.79 Å². The zero-order chi connectivity index (χ0) is 15.6. The Bertz CT molecular complexity index is 727. The average Bonchev–Trinajstić information content (AvgIpc) is 2.79. The number of nitrogens with zero attached hydrogens (tertiary/aromatic N) is 1. The molecular formula is C16H16BrNO4. The third kappa shape index (κ3) is 1.81. The van der Waals surface area contributed by atoms with Crippen molar-refractivity contribution in [3.05, 3.63) is 32.8 Å². The molecule has 116 valence electrons. The second kappa shape index (κ2) is 4.81. The SMILES string of the molecule is CN1CC2=C3c4c(c(CO)cc(Br)c4C1=O)OC3CC(O)C2. The molecule has 0 saturated carbocycles. The van der Waals surface area contributed by atoms with E-state index in [1.165, 1.54) is 0 Å². The number of benzene rings is 1. The third-order valence-electron chi connectivity index (χ3n) is 4.67. The van der Waals surface area contributed by atoms with Crippen LogP contribution in [0.25, 0.3) is 5.57 Å². The van der Waals surface area contributed by atoms with Gasteiger partial charge >= 0.3 is 0 Å². The standard InChI is InChI=1S/C16H16BrNO4/c1-18-5-7-2-9(20)4-11-12(7)14-13(16(18)21)10(17)3-8(6-19)15(14)22-11/h3,9,11,19-20H,2,4-6H2,1H3. The lowest BCUT2D eigenvalue weighted by molar-refractivity contribution is 0.0790. The van der Waals surface area contributed by atoms with Crippen LogP contribution in [0, 0.1) is 0 Å². The number of carbonyl (C=O) groups is 1. The van der Waals surface area contributed by atoms with E-state index in [0.717, 1.165) is 16.7 Å². The summed E-state index contributed by atoms with van der Waals surface area (Å²) in [5.41, 5.74) is 4.15. The van der Waals surface area contributed by atoms with E-state index in [-0.39, 0.29) is 18.6 Å². The lowest BCUT2D eigenvalue weighted by atomic mass is 9.84. The van der Waals surface area contributed by atoms with E-state index < -0.39 is 6.10 Å². The van der Waals surface area contributed by atoms with Crippen molar-refractivity contribution in [2.24, 2.45) is 0 Å². The Kier molecular flexibility index (Phi) is 3.11. The van der Waals surface area contributed by atoms with E-state index in [4.69, 9.17) is 4.74 Å². The number of ether oxygens (including phenoxy) is 1. The van der Waals surface area contributed by atoms with E-state index in [9.17, 15) is 15.0 Å². The van der Waals surface area contributed by atoms with Crippen molar-refractivity contribution < 1.29 is 19.7 Å². The molecule has 1 amide bonds. The Labute approximate surface area is 136 Å². The van der Waals surface area contributed by atoms with Crippen molar-refractivity contribution in [3.63, 3.8) is 0 Å². The molecule has 0 saturated heterocycles. The van der Waals surface area contributed by atoms with E-state index in [0.29, 0.717) is 40.7 Å². The molecule has 0 bridgehead atoms. The lowest BCUT2D eigenvalue weighted by Gasteiger charge is -2.27. The molecule has 2 N–H and O–H groups in total. The van der Waals surface area contributed by atoms with Gasteiger partial charge in [-0.1, -0.05) is 0 Å². The molecule has 3 aliphatic rings. The number of carbonyl (C=O) groups excluding carboxylic acids is 1. The molecular weight excluding hydrogens is 350 g/mol. The van der Waals surface area contributed by atoms with Crippen LogP contribution < -0.4 is 4.74 Å². The van der Waals surface area contributed by atoms with Gasteiger partial charge in [0, 0.05) is 41.2 Å². The summed E-state index contributed by atoms with van der Waals surface area (Å²) in [5, 5.41) is 19.7. The molecule has 22 heavy (non-hydrogen) atoms. The highest BCUT2D eigenvalue weighted by atomic mass is 79.9. The van der Waals surface area contributed by atoms with Crippen molar-refractivity contribution in [1.29, 1.82) is 0 Å². The first-order chi connectivity index (χ1) is 10.5. The number of aliphatic hydroxyl groups excluding tert-OH is 2. The summed E-state index contributed by atoms with van der Waals surface area (Å²) in [4.78, 5) is 14.4. The molecule has 6 heteroatoms. The summed E-state index contributed by atoms with van der Waals surface area (Å²) in [7, 11) is 1.77. The summed E-state index contributed by atoms with van der Waals surface area (Å²) in [6, 6.07) is 1.75. The van der Waals surface area contributed by atoms with Crippen molar-refractivity contribution in [2.75, 3.05) is 13.6 Å². The number of aliphatic hydroxyl groups is 2. The lowest BCUT2D eigenvalue weighted by Crippen LogP contribution is -2.32. The van der Waals surface area contributed by atoms with E-state index >= 15 is 0 Å².